The molecule has 0 saturated carbocycles. The van der Waals surface area contributed by atoms with Gasteiger partial charge in [-0.1, -0.05) is 52.2 Å². The molecule has 5 heteroatoms. The first-order chi connectivity index (χ1) is 10.7. The molecule has 0 N–H and O–H groups in total. The lowest BCUT2D eigenvalue weighted by Gasteiger charge is -2.16. The Bertz CT molecular complexity index is 477. The number of benzene rings is 1. The van der Waals surface area contributed by atoms with E-state index in [-0.39, 0.29) is 5.91 Å². The summed E-state index contributed by atoms with van der Waals surface area (Å²) in [5, 5.41) is 3.76. The Morgan fingerprint density at radius 1 is 1.27 bits per heavy atom. The van der Waals surface area contributed by atoms with Gasteiger partial charge in [0.25, 0.3) is 5.91 Å². The highest BCUT2D eigenvalue weighted by atomic mass is 28.2. The van der Waals surface area contributed by atoms with E-state index >= 15 is 0 Å². The Labute approximate surface area is 136 Å². The van der Waals surface area contributed by atoms with Crippen LogP contribution < -0.4 is 4.74 Å². The van der Waals surface area contributed by atoms with E-state index < -0.39 is 0 Å². The summed E-state index contributed by atoms with van der Waals surface area (Å²) in [7, 11) is 0.343. The van der Waals surface area contributed by atoms with Gasteiger partial charge in [-0.05, 0) is 30.5 Å². The smallest absolute Gasteiger partial charge is 0.297 e. The van der Waals surface area contributed by atoms with Gasteiger partial charge in [0.05, 0.1) is 12.2 Å². The predicted molar refractivity (Wildman–Crippen MR) is 90.7 cm³/mol. The summed E-state index contributed by atoms with van der Waals surface area (Å²) >= 11 is 0. The van der Waals surface area contributed by atoms with Crippen LogP contribution in [0.4, 0.5) is 0 Å². The largest absolute Gasteiger partial charge is 0.492 e. The van der Waals surface area contributed by atoms with E-state index in [1.54, 1.807) is 6.07 Å². The van der Waals surface area contributed by atoms with Crippen molar-refractivity contribution in [2.24, 2.45) is 15.8 Å². The highest BCUT2D eigenvalue weighted by Crippen LogP contribution is 2.21. The van der Waals surface area contributed by atoms with Crippen LogP contribution in [0.25, 0.3) is 0 Å². The molecule has 1 rings (SSSR count). The van der Waals surface area contributed by atoms with Crippen molar-refractivity contribution in [2.45, 2.75) is 52.5 Å². The van der Waals surface area contributed by atoms with Crippen LogP contribution in [0.1, 0.15) is 56.8 Å². The third-order valence-corrected chi connectivity index (χ3v) is 4.06. The molecule has 0 aromatic heterocycles. The molecule has 2 radical (unpaired) electrons. The number of unbranched alkanes of at least 4 members (excludes halogenated alkanes) is 1. The van der Waals surface area contributed by atoms with Gasteiger partial charge in [-0.3, -0.25) is 4.79 Å². The van der Waals surface area contributed by atoms with Crippen LogP contribution in [0.5, 0.6) is 5.75 Å². The topological polar surface area (TPSA) is 51.0 Å². The summed E-state index contributed by atoms with van der Waals surface area (Å²) in [6.45, 7) is 7.04. The summed E-state index contributed by atoms with van der Waals surface area (Å²) in [5.74, 6) is 0.825. The monoisotopic (exact) mass is 318 g/mol. The Hall–Kier alpha value is -1.49. The third kappa shape index (κ3) is 6.51. The first-order valence-electron chi connectivity index (χ1n) is 8.12. The van der Waals surface area contributed by atoms with Crippen molar-refractivity contribution in [1.29, 1.82) is 0 Å². The van der Waals surface area contributed by atoms with Gasteiger partial charge in [-0.2, -0.15) is 0 Å². The van der Waals surface area contributed by atoms with E-state index in [9.17, 15) is 4.79 Å². The number of para-hydroxylation sites is 1. The molecular weight excluding hydrogens is 292 g/mol. The van der Waals surface area contributed by atoms with E-state index in [2.05, 4.69) is 23.7 Å². The number of hydrogen-bond donors (Lipinski definition) is 0. The zero-order chi connectivity index (χ0) is 16.2. The minimum Gasteiger partial charge on any atom is -0.492 e. The van der Waals surface area contributed by atoms with Crippen LogP contribution >= 0.6 is 0 Å². The Morgan fingerprint density at radius 3 is 2.73 bits per heavy atom. The van der Waals surface area contributed by atoms with Crippen LogP contribution in [-0.4, -0.2) is 22.2 Å². The van der Waals surface area contributed by atoms with Crippen LogP contribution in [0.3, 0.4) is 0 Å². The van der Waals surface area contributed by atoms with Gasteiger partial charge >= 0.3 is 0 Å². The molecule has 0 aliphatic heterocycles. The summed E-state index contributed by atoms with van der Waals surface area (Å²) in [6, 6.07) is 8.19. The predicted octanol–water partition coefficient (Wildman–Crippen LogP) is 4.93. The molecule has 22 heavy (non-hydrogen) atoms. The zero-order valence-electron chi connectivity index (χ0n) is 13.8. The van der Waals surface area contributed by atoms with Gasteiger partial charge in [0, 0.05) is 0 Å². The quantitative estimate of drug-likeness (QED) is 0.453. The maximum atomic E-state index is 12.1. The standard InChI is InChI=1S/C17H26N2O2Si/c1-4-7-10-14(5-2)13-21-16-12-9-8-11-15(16)17(20)18-19-22-6-3/h8-9,11-12,14H,4-7,10,13H2,1-3H3. The average Bonchev–Trinajstić information content (AvgIpc) is 2.55. The number of rotatable bonds is 10. The zero-order valence-corrected chi connectivity index (χ0v) is 14.8. The van der Waals surface area contributed by atoms with Gasteiger partial charge in [-0.15, -0.1) is 5.11 Å². The number of nitrogens with zero attached hydrogens (tertiary/aromatic N) is 2. The Balaban J connectivity index is 2.68. The van der Waals surface area contributed by atoms with Gasteiger partial charge in [0.1, 0.15) is 5.75 Å². The summed E-state index contributed by atoms with van der Waals surface area (Å²) in [5.41, 5.74) is 0.498. The van der Waals surface area contributed by atoms with Gasteiger partial charge in [-0.25, -0.2) is 4.78 Å². The summed E-state index contributed by atoms with van der Waals surface area (Å²) in [4.78, 5) is 12.1. The molecule has 0 aliphatic rings. The van der Waals surface area contributed by atoms with Gasteiger partial charge in [0.2, 0.25) is 9.68 Å². The maximum Gasteiger partial charge on any atom is 0.297 e. The molecule has 1 unspecified atom stereocenters. The lowest BCUT2D eigenvalue weighted by atomic mass is 10.0. The maximum absolute atomic E-state index is 12.1. The number of ether oxygens (including phenoxy) is 1. The van der Waals surface area contributed by atoms with Crippen molar-refractivity contribution in [3.63, 3.8) is 0 Å². The normalized spacial score (nSPS) is 12.5. The second-order valence-corrected chi connectivity index (χ2v) is 6.46. The molecule has 1 aromatic rings. The highest BCUT2D eigenvalue weighted by Gasteiger charge is 2.13. The van der Waals surface area contributed by atoms with Crippen LogP contribution in [0.2, 0.25) is 6.04 Å². The number of carbonyl (C=O) groups is 1. The van der Waals surface area contributed by atoms with Crippen LogP contribution in [0, 0.1) is 5.92 Å². The molecule has 4 nitrogen and oxygen atoms in total. The molecule has 0 saturated heterocycles. The van der Waals surface area contributed by atoms with Crippen molar-refractivity contribution in [3.05, 3.63) is 29.8 Å². The second-order valence-electron chi connectivity index (χ2n) is 5.24. The summed E-state index contributed by atoms with van der Waals surface area (Å²) < 4.78 is 9.80. The fraction of sp³-hybridized carbons (Fsp3) is 0.588. The minimum absolute atomic E-state index is 0.321. The molecule has 0 bridgehead atoms. The molecule has 0 heterocycles. The highest BCUT2D eigenvalue weighted by molar-refractivity contribution is 6.32. The van der Waals surface area contributed by atoms with Crippen molar-refractivity contribution < 1.29 is 9.53 Å². The number of carbonyl (C=O) groups excluding carboxylic acids is 1. The molecule has 0 spiro atoms. The molecule has 0 aliphatic carbocycles. The third-order valence-electron chi connectivity index (χ3n) is 3.50. The Kier molecular flexibility index (Phi) is 9.38. The van der Waals surface area contributed by atoms with E-state index in [1.165, 1.54) is 19.3 Å². The summed E-state index contributed by atoms with van der Waals surface area (Å²) in [6.07, 6.45) is 4.67. The average molecular weight is 318 g/mol. The molecule has 120 valence electrons. The van der Waals surface area contributed by atoms with E-state index in [0.717, 1.165) is 12.5 Å². The molecule has 1 amide bonds. The lowest BCUT2D eigenvalue weighted by molar-refractivity contribution is 0.0990. The van der Waals surface area contributed by atoms with Gasteiger partial charge < -0.3 is 4.74 Å². The fourth-order valence-electron chi connectivity index (χ4n) is 2.08. The van der Waals surface area contributed by atoms with Crippen LogP contribution in [-0.2, 0) is 0 Å². The molecule has 1 atom stereocenters. The fourth-order valence-corrected chi connectivity index (χ4v) is 2.38. The van der Waals surface area contributed by atoms with E-state index in [1.807, 2.05) is 25.1 Å². The van der Waals surface area contributed by atoms with Crippen LogP contribution in [0.15, 0.2) is 34.2 Å². The lowest BCUT2D eigenvalue weighted by Crippen LogP contribution is -2.13. The number of hydrogen-bond acceptors (Lipinski definition) is 3. The first-order valence-corrected chi connectivity index (χ1v) is 9.28. The van der Waals surface area contributed by atoms with Crippen molar-refractivity contribution in [3.8, 4) is 5.75 Å². The first kappa shape index (κ1) is 18.6. The minimum atomic E-state index is -0.321. The van der Waals surface area contributed by atoms with E-state index in [0.29, 0.717) is 33.5 Å². The van der Waals surface area contributed by atoms with Crippen molar-refractivity contribution >= 4 is 15.6 Å². The Morgan fingerprint density at radius 2 is 2.05 bits per heavy atom. The molecular formula is C17H26N2O2Si. The van der Waals surface area contributed by atoms with Gasteiger partial charge in [0.15, 0.2) is 0 Å². The molecule has 1 aromatic carbocycles. The number of amides is 1. The molecule has 0 fully saturated rings. The second kappa shape index (κ2) is 11.1. The SMILES string of the molecule is CCCCC(CC)COc1ccccc1C(=O)N=N[Si]CC. The van der Waals surface area contributed by atoms with Crippen molar-refractivity contribution in [1.82, 2.24) is 0 Å². The van der Waals surface area contributed by atoms with E-state index in [4.69, 9.17) is 4.74 Å². The van der Waals surface area contributed by atoms with Crippen molar-refractivity contribution in [2.75, 3.05) is 6.61 Å².